The van der Waals surface area contributed by atoms with Crippen molar-refractivity contribution in [3.8, 4) is 0 Å². The molecule has 3 rings (SSSR count). The minimum Gasteiger partial charge on any atom is -0.381 e. The quantitative estimate of drug-likeness (QED) is 0.862. The third kappa shape index (κ3) is 2.46. The Morgan fingerprint density at radius 1 is 1.56 bits per heavy atom. The van der Waals surface area contributed by atoms with Gasteiger partial charge in [0.25, 0.3) is 0 Å². The van der Waals surface area contributed by atoms with Crippen LogP contribution in [0.3, 0.4) is 0 Å². The van der Waals surface area contributed by atoms with E-state index < -0.39 is 0 Å². The molecule has 18 heavy (non-hydrogen) atoms. The molecule has 5 heteroatoms. The van der Waals surface area contributed by atoms with Gasteiger partial charge in [0, 0.05) is 19.4 Å². The Morgan fingerprint density at radius 2 is 2.56 bits per heavy atom. The SMILES string of the molecule is c1cc2c(NCC[C@H]3CCCOC3)[nH+]cnc2[nH]1. The molecule has 1 fully saturated rings. The van der Waals surface area contributed by atoms with Crippen LogP contribution in [0.2, 0.25) is 0 Å². The molecule has 0 aliphatic carbocycles. The average molecular weight is 247 g/mol. The second kappa shape index (κ2) is 5.35. The van der Waals surface area contributed by atoms with Crippen molar-refractivity contribution in [1.82, 2.24) is 9.97 Å². The Kier molecular flexibility index (Phi) is 3.41. The zero-order valence-electron chi connectivity index (χ0n) is 10.4. The first kappa shape index (κ1) is 11.5. The van der Waals surface area contributed by atoms with E-state index in [0.29, 0.717) is 5.92 Å². The van der Waals surface area contributed by atoms with Crippen molar-refractivity contribution in [3.05, 3.63) is 18.6 Å². The molecule has 96 valence electrons. The lowest BCUT2D eigenvalue weighted by molar-refractivity contribution is -0.364. The molecule has 2 aromatic rings. The van der Waals surface area contributed by atoms with Crippen molar-refractivity contribution in [3.63, 3.8) is 0 Å². The van der Waals surface area contributed by atoms with Gasteiger partial charge in [0.05, 0.1) is 6.54 Å². The van der Waals surface area contributed by atoms with E-state index in [9.17, 15) is 0 Å². The Hall–Kier alpha value is -1.62. The maximum Gasteiger partial charge on any atom is 0.231 e. The molecular formula is C13H19N4O+. The highest BCUT2D eigenvalue weighted by molar-refractivity contribution is 5.84. The number of nitrogens with one attached hydrogen (secondary N) is 3. The summed E-state index contributed by atoms with van der Waals surface area (Å²) in [6.45, 7) is 2.82. The molecule has 1 aliphatic rings. The van der Waals surface area contributed by atoms with Crippen LogP contribution in [0.25, 0.3) is 11.0 Å². The van der Waals surface area contributed by atoms with Crippen LogP contribution < -0.4 is 10.3 Å². The van der Waals surface area contributed by atoms with E-state index >= 15 is 0 Å². The lowest BCUT2D eigenvalue weighted by Crippen LogP contribution is -2.21. The summed E-state index contributed by atoms with van der Waals surface area (Å²) in [5, 5.41) is 4.56. The minimum atomic E-state index is 0.704. The number of ether oxygens (including phenoxy) is 1. The van der Waals surface area contributed by atoms with Gasteiger partial charge in [0.1, 0.15) is 5.39 Å². The summed E-state index contributed by atoms with van der Waals surface area (Å²) in [5.41, 5.74) is 0.914. The van der Waals surface area contributed by atoms with E-state index in [1.807, 2.05) is 12.3 Å². The van der Waals surface area contributed by atoms with Crippen LogP contribution in [-0.4, -0.2) is 29.7 Å². The van der Waals surface area contributed by atoms with E-state index in [2.05, 4.69) is 20.3 Å². The number of hydrogen-bond donors (Lipinski definition) is 2. The fourth-order valence-electron chi connectivity index (χ4n) is 2.49. The first-order valence-corrected chi connectivity index (χ1v) is 6.59. The van der Waals surface area contributed by atoms with Gasteiger partial charge in [-0.2, -0.15) is 0 Å². The highest BCUT2D eigenvalue weighted by Crippen LogP contribution is 2.18. The number of aromatic nitrogens is 3. The lowest BCUT2D eigenvalue weighted by Gasteiger charge is -2.21. The molecule has 3 heterocycles. The van der Waals surface area contributed by atoms with Gasteiger partial charge >= 0.3 is 0 Å². The molecule has 0 spiro atoms. The maximum atomic E-state index is 5.49. The Morgan fingerprint density at radius 3 is 3.44 bits per heavy atom. The molecule has 0 unspecified atom stereocenters. The number of hydrogen-bond acceptors (Lipinski definition) is 3. The second-order valence-corrected chi connectivity index (χ2v) is 4.82. The topological polar surface area (TPSA) is 64.1 Å². The predicted molar refractivity (Wildman–Crippen MR) is 69.3 cm³/mol. The van der Waals surface area contributed by atoms with E-state index in [1.165, 1.54) is 12.8 Å². The number of fused-ring (bicyclic) bond motifs is 1. The summed E-state index contributed by atoms with van der Waals surface area (Å²) in [5.74, 6) is 1.74. The lowest BCUT2D eigenvalue weighted by atomic mass is 9.99. The van der Waals surface area contributed by atoms with Crippen LogP contribution >= 0.6 is 0 Å². The summed E-state index contributed by atoms with van der Waals surface area (Å²) in [7, 11) is 0. The molecule has 1 atom stereocenters. The van der Waals surface area contributed by atoms with Crippen LogP contribution in [-0.2, 0) is 4.74 Å². The van der Waals surface area contributed by atoms with Crippen molar-refractivity contribution < 1.29 is 9.72 Å². The zero-order chi connectivity index (χ0) is 12.2. The van der Waals surface area contributed by atoms with Crippen molar-refractivity contribution in [2.45, 2.75) is 19.3 Å². The smallest absolute Gasteiger partial charge is 0.231 e. The highest BCUT2D eigenvalue weighted by atomic mass is 16.5. The van der Waals surface area contributed by atoms with E-state index in [-0.39, 0.29) is 0 Å². The molecule has 2 aromatic heterocycles. The van der Waals surface area contributed by atoms with Crippen molar-refractivity contribution in [2.75, 3.05) is 25.1 Å². The first-order chi connectivity index (χ1) is 8.93. The number of nitrogens with zero attached hydrogens (tertiary/aromatic N) is 1. The summed E-state index contributed by atoms with van der Waals surface area (Å²) in [6.07, 6.45) is 7.27. The average Bonchev–Trinajstić information content (AvgIpc) is 2.89. The van der Waals surface area contributed by atoms with Crippen LogP contribution in [0.1, 0.15) is 19.3 Å². The molecule has 1 saturated heterocycles. The van der Waals surface area contributed by atoms with Gasteiger partial charge < -0.3 is 15.0 Å². The Labute approximate surface area is 106 Å². The normalized spacial score (nSPS) is 20.1. The van der Waals surface area contributed by atoms with Crippen LogP contribution in [0, 0.1) is 5.92 Å². The zero-order valence-corrected chi connectivity index (χ0v) is 10.4. The fraction of sp³-hybridized carbons (Fsp3) is 0.538. The van der Waals surface area contributed by atoms with E-state index in [1.54, 1.807) is 6.33 Å². The highest BCUT2D eigenvalue weighted by Gasteiger charge is 2.15. The number of H-pyrrole nitrogens is 2. The van der Waals surface area contributed by atoms with Crippen LogP contribution in [0.4, 0.5) is 5.82 Å². The summed E-state index contributed by atoms with van der Waals surface area (Å²) >= 11 is 0. The molecule has 0 bridgehead atoms. The largest absolute Gasteiger partial charge is 0.381 e. The molecular weight excluding hydrogens is 228 g/mol. The predicted octanol–water partition coefficient (Wildman–Crippen LogP) is 1.61. The van der Waals surface area contributed by atoms with Gasteiger partial charge in [-0.15, -0.1) is 0 Å². The maximum absolute atomic E-state index is 5.49. The van der Waals surface area contributed by atoms with Crippen molar-refractivity contribution in [2.24, 2.45) is 5.92 Å². The van der Waals surface area contributed by atoms with Crippen molar-refractivity contribution in [1.29, 1.82) is 0 Å². The monoisotopic (exact) mass is 247 g/mol. The van der Waals surface area contributed by atoms with E-state index in [4.69, 9.17) is 4.74 Å². The minimum absolute atomic E-state index is 0.704. The first-order valence-electron chi connectivity index (χ1n) is 6.59. The van der Waals surface area contributed by atoms with Crippen molar-refractivity contribution >= 4 is 16.9 Å². The van der Waals surface area contributed by atoms with Gasteiger partial charge in [-0.1, -0.05) is 4.98 Å². The molecule has 1 aliphatic heterocycles. The Bertz CT molecular complexity index is 504. The third-order valence-corrected chi connectivity index (χ3v) is 3.51. The molecule has 0 amide bonds. The molecule has 0 radical (unpaired) electrons. The molecule has 0 aromatic carbocycles. The van der Waals surface area contributed by atoms with Gasteiger partial charge in [0.15, 0.2) is 0 Å². The fourth-order valence-corrected chi connectivity index (χ4v) is 2.49. The van der Waals surface area contributed by atoms with Crippen LogP contribution in [0.5, 0.6) is 0 Å². The van der Waals surface area contributed by atoms with E-state index in [0.717, 1.165) is 43.0 Å². The number of rotatable bonds is 4. The number of anilines is 1. The molecule has 0 saturated carbocycles. The standard InChI is InChI=1S/C13H18N4O/c1-2-10(8-18-7-1)3-5-14-12-11-4-6-15-13(11)17-9-16-12/h4,6,9-10H,1-3,5,7-8H2,(H2,14,15,16,17)/p+1/t10-/m1/s1. The summed E-state index contributed by atoms with van der Waals surface area (Å²) < 4.78 is 5.49. The third-order valence-electron chi connectivity index (χ3n) is 3.51. The van der Waals surface area contributed by atoms with Gasteiger partial charge in [-0.3, -0.25) is 0 Å². The molecule has 5 nitrogen and oxygen atoms in total. The second-order valence-electron chi connectivity index (χ2n) is 4.82. The summed E-state index contributed by atoms with van der Waals surface area (Å²) in [6, 6.07) is 2.03. The Balaban J connectivity index is 1.57. The number of aromatic amines is 2. The van der Waals surface area contributed by atoms with Gasteiger partial charge in [-0.25, -0.2) is 4.98 Å². The molecule has 3 N–H and O–H groups in total. The van der Waals surface area contributed by atoms with Crippen LogP contribution in [0.15, 0.2) is 18.6 Å². The van der Waals surface area contributed by atoms with Gasteiger partial charge in [-0.05, 0) is 31.2 Å². The summed E-state index contributed by atoms with van der Waals surface area (Å²) in [4.78, 5) is 10.5. The van der Waals surface area contributed by atoms with Gasteiger partial charge in [0.2, 0.25) is 17.8 Å².